The standard InChI is InChI=1S/C34H36N2O5/c1-39-29-17-13-26(14-18-29)21-22-35-34(38)32(23-27-9-5-3-6-10-27)36(24-28-15-19-30(40-2)20-16-28)33(37)25-41-31-11-7-4-8-12-31/h3-20,32H,21-25H2,1-2H3,(H,35,38)/t32-/m0/s1. The van der Waals surface area contributed by atoms with Gasteiger partial charge in [-0.15, -0.1) is 0 Å². The van der Waals surface area contributed by atoms with Crippen LogP contribution in [0.4, 0.5) is 0 Å². The first-order valence-corrected chi connectivity index (χ1v) is 13.6. The van der Waals surface area contributed by atoms with Gasteiger partial charge < -0.3 is 24.4 Å². The van der Waals surface area contributed by atoms with Gasteiger partial charge in [0.05, 0.1) is 14.2 Å². The van der Waals surface area contributed by atoms with Gasteiger partial charge in [0.25, 0.3) is 5.91 Å². The zero-order valence-corrected chi connectivity index (χ0v) is 23.5. The number of amides is 2. The molecule has 7 nitrogen and oxygen atoms in total. The molecule has 4 rings (SSSR count). The summed E-state index contributed by atoms with van der Waals surface area (Å²) in [4.78, 5) is 29.1. The minimum Gasteiger partial charge on any atom is -0.497 e. The fourth-order valence-electron chi connectivity index (χ4n) is 4.47. The minimum absolute atomic E-state index is 0.190. The Kier molecular flexibility index (Phi) is 10.8. The Morgan fingerprint density at radius 3 is 1.83 bits per heavy atom. The molecule has 0 fully saturated rings. The lowest BCUT2D eigenvalue weighted by Gasteiger charge is -2.31. The lowest BCUT2D eigenvalue weighted by atomic mass is 10.0. The van der Waals surface area contributed by atoms with Crippen molar-refractivity contribution in [3.8, 4) is 17.2 Å². The summed E-state index contributed by atoms with van der Waals surface area (Å²) in [5.74, 6) is 1.59. The highest BCUT2D eigenvalue weighted by atomic mass is 16.5. The Morgan fingerprint density at radius 1 is 0.683 bits per heavy atom. The molecule has 0 unspecified atom stereocenters. The highest BCUT2D eigenvalue weighted by molar-refractivity contribution is 5.88. The maximum absolute atomic E-state index is 13.8. The van der Waals surface area contributed by atoms with Crippen LogP contribution >= 0.6 is 0 Å². The summed E-state index contributed by atoms with van der Waals surface area (Å²) in [6, 6.07) is 33.4. The quantitative estimate of drug-likeness (QED) is 0.236. The smallest absolute Gasteiger partial charge is 0.261 e. The van der Waals surface area contributed by atoms with Gasteiger partial charge in [-0.2, -0.15) is 0 Å². The van der Waals surface area contributed by atoms with E-state index in [1.54, 1.807) is 31.3 Å². The van der Waals surface area contributed by atoms with Crippen LogP contribution in [0, 0.1) is 0 Å². The number of nitrogens with zero attached hydrogens (tertiary/aromatic N) is 1. The topological polar surface area (TPSA) is 77.1 Å². The SMILES string of the molecule is COc1ccc(CCNC(=O)[C@H](Cc2ccccc2)N(Cc2ccc(OC)cc2)C(=O)COc2ccccc2)cc1. The van der Waals surface area contributed by atoms with Gasteiger partial charge in [-0.05, 0) is 59.5 Å². The fraction of sp³-hybridized carbons (Fsp3) is 0.235. The zero-order chi connectivity index (χ0) is 28.9. The van der Waals surface area contributed by atoms with Crippen molar-refractivity contribution in [3.63, 3.8) is 0 Å². The van der Waals surface area contributed by atoms with Gasteiger partial charge in [0.2, 0.25) is 5.91 Å². The van der Waals surface area contributed by atoms with E-state index in [1.807, 2.05) is 97.1 Å². The Morgan fingerprint density at radius 2 is 1.24 bits per heavy atom. The van der Waals surface area contributed by atoms with Crippen molar-refractivity contribution in [2.75, 3.05) is 27.4 Å². The largest absolute Gasteiger partial charge is 0.497 e. The van der Waals surface area contributed by atoms with Gasteiger partial charge in [0, 0.05) is 19.5 Å². The lowest BCUT2D eigenvalue weighted by molar-refractivity contribution is -0.142. The summed E-state index contributed by atoms with van der Waals surface area (Å²) in [5, 5.41) is 3.07. The Hall–Kier alpha value is -4.78. The van der Waals surface area contributed by atoms with Gasteiger partial charge in [-0.25, -0.2) is 0 Å². The van der Waals surface area contributed by atoms with Gasteiger partial charge in [-0.3, -0.25) is 9.59 Å². The maximum atomic E-state index is 13.8. The summed E-state index contributed by atoms with van der Waals surface area (Å²) in [5.41, 5.74) is 2.91. The van der Waals surface area contributed by atoms with E-state index in [-0.39, 0.29) is 25.0 Å². The molecule has 0 aliphatic carbocycles. The van der Waals surface area contributed by atoms with Crippen molar-refractivity contribution in [1.29, 1.82) is 0 Å². The molecule has 1 N–H and O–H groups in total. The number of carbonyl (C=O) groups is 2. The van der Waals surface area contributed by atoms with Crippen LogP contribution in [-0.4, -0.2) is 50.1 Å². The number of ether oxygens (including phenoxy) is 3. The van der Waals surface area contributed by atoms with Crippen LogP contribution in [0.1, 0.15) is 16.7 Å². The van der Waals surface area contributed by atoms with E-state index >= 15 is 0 Å². The molecule has 212 valence electrons. The molecule has 0 aromatic heterocycles. The van der Waals surface area contributed by atoms with Gasteiger partial charge >= 0.3 is 0 Å². The van der Waals surface area contributed by atoms with Crippen molar-refractivity contribution in [1.82, 2.24) is 10.2 Å². The normalized spacial score (nSPS) is 11.3. The minimum atomic E-state index is -0.748. The molecule has 0 saturated carbocycles. The molecule has 0 aliphatic rings. The summed E-state index contributed by atoms with van der Waals surface area (Å²) in [6.07, 6.45) is 1.01. The summed E-state index contributed by atoms with van der Waals surface area (Å²) in [7, 11) is 3.24. The molecular weight excluding hydrogens is 516 g/mol. The molecule has 1 atom stereocenters. The Bertz CT molecular complexity index is 1360. The molecule has 0 spiro atoms. The predicted octanol–water partition coefficient (Wildman–Crippen LogP) is 5.08. The third-order valence-corrected chi connectivity index (χ3v) is 6.76. The van der Waals surface area contributed by atoms with Crippen molar-refractivity contribution < 1.29 is 23.8 Å². The third-order valence-electron chi connectivity index (χ3n) is 6.76. The average molecular weight is 553 g/mol. The van der Waals surface area contributed by atoms with E-state index < -0.39 is 6.04 Å². The van der Waals surface area contributed by atoms with E-state index in [2.05, 4.69) is 5.32 Å². The van der Waals surface area contributed by atoms with Gasteiger partial charge in [0.1, 0.15) is 23.3 Å². The zero-order valence-electron chi connectivity index (χ0n) is 23.5. The monoisotopic (exact) mass is 552 g/mol. The number of para-hydroxylation sites is 1. The summed E-state index contributed by atoms with van der Waals surface area (Å²) < 4.78 is 16.3. The molecule has 0 radical (unpaired) electrons. The predicted molar refractivity (Wildman–Crippen MR) is 159 cm³/mol. The molecule has 0 bridgehead atoms. The molecular formula is C34H36N2O5. The average Bonchev–Trinajstić information content (AvgIpc) is 3.03. The molecule has 4 aromatic carbocycles. The number of nitrogens with one attached hydrogen (secondary N) is 1. The second kappa shape index (κ2) is 15.1. The molecule has 41 heavy (non-hydrogen) atoms. The molecule has 0 heterocycles. The number of rotatable bonds is 14. The first-order valence-electron chi connectivity index (χ1n) is 13.6. The van der Waals surface area contributed by atoms with E-state index in [0.717, 1.165) is 28.2 Å². The second-order valence-electron chi connectivity index (χ2n) is 9.57. The fourth-order valence-corrected chi connectivity index (χ4v) is 4.47. The van der Waals surface area contributed by atoms with Crippen LogP contribution in [0.2, 0.25) is 0 Å². The van der Waals surface area contributed by atoms with Crippen LogP contribution in [0.3, 0.4) is 0 Å². The van der Waals surface area contributed by atoms with E-state index in [0.29, 0.717) is 25.1 Å². The first kappa shape index (κ1) is 29.2. The van der Waals surface area contributed by atoms with Gasteiger partial charge in [-0.1, -0.05) is 72.8 Å². The molecule has 2 amide bonds. The third kappa shape index (κ3) is 8.86. The highest BCUT2D eigenvalue weighted by Crippen LogP contribution is 2.19. The van der Waals surface area contributed by atoms with Crippen molar-refractivity contribution in [3.05, 3.63) is 126 Å². The van der Waals surface area contributed by atoms with E-state index in [1.165, 1.54) is 0 Å². The first-order chi connectivity index (χ1) is 20.1. The number of hydrogen-bond acceptors (Lipinski definition) is 5. The molecule has 4 aromatic rings. The Labute approximate surface area is 241 Å². The maximum Gasteiger partial charge on any atom is 0.261 e. The molecule has 0 aliphatic heterocycles. The summed E-state index contributed by atoms with van der Waals surface area (Å²) >= 11 is 0. The van der Waals surface area contributed by atoms with Crippen LogP contribution < -0.4 is 19.5 Å². The number of benzene rings is 4. The van der Waals surface area contributed by atoms with Crippen molar-refractivity contribution in [2.45, 2.75) is 25.4 Å². The number of hydrogen-bond donors (Lipinski definition) is 1. The number of methoxy groups -OCH3 is 2. The van der Waals surface area contributed by atoms with Crippen LogP contribution in [0.5, 0.6) is 17.2 Å². The van der Waals surface area contributed by atoms with Crippen LogP contribution in [0.15, 0.2) is 109 Å². The van der Waals surface area contributed by atoms with Crippen molar-refractivity contribution >= 4 is 11.8 Å². The van der Waals surface area contributed by atoms with E-state index in [9.17, 15) is 9.59 Å². The molecule has 0 saturated heterocycles. The Balaban J connectivity index is 1.55. The van der Waals surface area contributed by atoms with Crippen LogP contribution in [0.25, 0.3) is 0 Å². The lowest BCUT2D eigenvalue weighted by Crippen LogP contribution is -2.52. The van der Waals surface area contributed by atoms with Crippen LogP contribution in [-0.2, 0) is 29.0 Å². The van der Waals surface area contributed by atoms with E-state index in [4.69, 9.17) is 14.2 Å². The van der Waals surface area contributed by atoms with Crippen molar-refractivity contribution in [2.24, 2.45) is 0 Å². The summed E-state index contributed by atoms with van der Waals surface area (Å²) in [6.45, 7) is 0.483. The number of carbonyl (C=O) groups excluding carboxylic acids is 2. The molecule has 7 heteroatoms. The van der Waals surface area contributed by atoms with Gasteiger partial charge in [0.15, 0.2) is 6.61 Å². The highest BCUT2D eigenvalue weighted by Gasteiger charge is 2.30. The second-order valence-corrected chi connectivity index (χ2v) is 9.57.